The quantitative estimate of drug-likeness (QED) is 0.700. The average molecular weight is 419 g/mol. The van der Waals surface area contributed by atoms with Crippen LogP contribution in [0.15, 0.2) is 48.7 Å². The van der Waals surface area contributed by atoms with E-state index in [1.807, 2.05) is 35.8 Å². The first kappa shape index (κ1) is 19.4. The lowest BCUT2D eigenvalue weighted by atomic mass is 10.1. The van der Waals surface area contributed by atoms with E-state index in [9.17, 15) is 4.79 Å². The van der Waals surface area contributed by atoms with Gasteiger partial charge in [0.15, 0.2) is 0 Å². The van der Waals surface area contributed by atoms with Crippen molar-refractivity contribution in [2.75, 3.05) is 22.9 Å². The fraction of sp³-hybridized carbons (Fsp3) is 0.348. The van der Waals surface area contributed by atoms with E-state index in [0.29, 0.717) is 5.70 Å². The van der Waals surface area contributed by atoms with Gasteiger partial charge in [-0.3, -0.25) is 19.4 Å². The third-order valence-corrected chi connectivity index (χ3v) is 6.06. The molecule has 2 aliphatic rings. The molecule has 0 saturated carbocycles. The Morgan fingerprint density at radius 1 is 1.19 bits per heavy atom. The Balaban J connectivity index is 1.70. The van der Waals surface area contributed by atoms with Crippen LogP contribution in [0.4, 0.5) is 11.4 Å². The molecule has 1 amide bonds. The molecule has 8 nitrogen and oxygen atoms in total. The molecule has 1 unspecified atom stereocenters. The van der Waals surface area contributed by atoms with Crippen molar-refractivity contribution in [3.05, 3.63) is 59.9 Å². The Hall–Kier alpha value is -3.55. The molecule has 2 N–H and O–H groups in total. The van der Waals surface area contributed by atoms with Gasteiger partial charge in [0.25, 0.3) is 5.91 Å². The van der Waals surface area contributed by atoms with E-state index in [4.69, 9.17) is 10.5 Å². The zero-order valence-corrected chi connectivity index (χ0v) is 17.8. The van der Waals surface area contributed by atoms with Gasteiger partial charge in [-0.15, -0.1) is 0 Å². The van der Waals surface area contributed by atoms with Crippen molar-refractivity contribution in [3.8, 4) is 0 Å². The summed E-state index contributed by atoms with van der Waals surface area (Å²) >= 11 is 0. The van der Waals surface area contributed by atoms with E-state index in [1.165, 1.54) is 12.7 Å². The lowest BCUT2D eigenvalue weighted by molar-refractivity contribution is -0.114. The number of primary amides is 1. The molecule has 2 aromatic heterocycles. The van der Waals surface area contributed by atoms with Crippen LogP contribution >= 0.6 is 0 Å². The van der Waals surface area contributed by atoms with E-state index in [0.717, 1.165) is 59.3 Å². The van der Waals surface area contributed by atoms with Crippen LogP contribution in [0.1, 0.15) is 36.6 Å². The van der Waals surface area contributed by atoms with Crippen molar-refractivity contribution in [2.24, 2.45) is 12.8 Å². The summed E-state index contributed by atoms with van der Waals surface area (Å²) in [5, 5.41) is 5.61. The number of nitrogens with two attached hydrogens (primary N) is 1. The number of carbonyl (C=O) groups excluding carboxylic acids is 1. The van der Waals surface area contributed by atoms with Gasteiger partial charge in [-0.25, -0.2) is 0 Å². The molecule has 3 aromatic rings. The molecule has 8 heteroatoms. The van der Waals surface area contributed by atoms with E-state index in [1.54, 1.807) is 12.4 Å². The van der Waals surface area contributed by atoms with Crippen molar-refractivity contribution in [3.63, 3.8) is 0 Å². The van der Waals surface area contributed by atoms with Crippen molar-refractivity contribution >= 4 is 28.2 Å². The lowest BCUT2D eigenvalue weighted by Gasteiger charge is -2.35. The first-order valence-electron chi connectivity index (χ1n) is 10.6. The minimum Gasteiger partial charge on any atom is -0.471 e. The van der Waals surface area contributed by atoms with Gasteiger partial charge in [0.1, 0.15) is 12.0 Å². The predicted molar refractivity (Wildman–Crippen MR) is 119 cm³/mol. The number of fused-ring (bicyclic) bond motifs is 1. The zero-order chi connectivity index (χ0) is 21.5. The Labute approximate surface area is 180 Å². The molecule has 160 valence electrons. The fourth-order valence-corrected chi connectivity index (χ4v) is 4.53. The minimum absolute atomic E-state index is 0.336. The van der Waals surface area contributed by atoms with E-state index in [-0.39, 0.29) is 0 Å². The minimum atomic E-state index is -0.523. The van der Waals surface area contributed by atoms with Crippen molar-refractivity contribution in [1.82, 2.24) is 14.8 Å². The maximum atomic E-state index is 12.4. The Morgan fingerprint density at radius 2 is 2.00 bits per heavy atom. The van der Waals surface area contributed by atoms with Gasteiger partial charge in [-0.1, -0.05) is 0 Å². The topological polar surface area (TPSA) is 89.5 Å². The molecule has 0 aliphatic carbocycles. The number of benzene rings is 1. The fourth-order valence-electron chi connectivity index (χ4n) is 4.53. The van der Waals surface area contributed by atoms with E-state index in [2.05, 4.69) is 27.1 Å². The molecule has 31 heavy (non-hydrogen) atoms. The number of ether oxygens (including phenoxy) is 1. The molecule has 0 bridgehead atoms. The highest BCUT2D eigenvalue weighted by molar-refractivity contribution is 6.00. The summed E-state index contributed by atoms with van der Waals surface area (Å²) in [6.07, 6.45) is 10.0. The lowest BCUT2D eigenvalue weighted by Crippen LogP contribution is -2.35. The number of carbonyl (C=O) groups is 1. The third kappa shape index (κ3) is 3.37. The summed E-state index contributed by atoms with van der Waals surface area (Å²) in [7, 11) is 1.91. The van der Waals surface area contributed by atoms with Gasteiger partial charge >= 0.3 is 0 Å². The van der Waals surface area contributed by atoms with Crippen molar-refractivity contribution in [2.45, 2.75) is 32.4 Å². The number of hydrogen-bond donors (Lipinski definition) is 1. The van der Waals surface area contributed by atoms with Crippen LogP contribution in [0.2, 0.25) is 0 Å². The molecule has 1 aromatic carbocycles. The summed E-state index contributed by atoms with van der Waals surface area (Å²) in [5.41, 5.74) is 10.9. The molecule has 4 heterocycles. The summed E-state index contributed by atoms with van der Waals surface area (Å²) < 4.78 is 7.83. The SMILES string of the molecule is Cc1cnccc1C1OC=C(C(N)=O)N1c1cc2cn(C)nc2cc1N1CCCCC1. The number of aromatic nitrogens is 3. The zero-order valence-electron chi connectivity index (χ0n) is 17.8. The number of rotatable bonds is 4. The van der Waals surface area contributed by atoms with E-state index >= 15 is 0 Å². The third-order valence-electron chi connectivity index (χ3n) is 6.06. The van der Waals surface area contributed by atoms with Gasteiger partial charge in [0.05, 0.1) is 16.9 Å². The normalized spacial score (nSPS) is 18.9. The number of hydrogen-bond acceptors (Lipinski definition) is 6. The van der Waals surface area contributed by atoms with Gasteiger partial charge in [-0.2, -0.15) is 5.10 Å². The Bertz CT molecular complexity index is 1180. The second-order valence-electron chi connectivity index (χ2n) is 8.21. The molecular formula is C23H26N6O2. The van der Waals surface area contributed by atoms with Crippen LogP contribution in [0, 0.1) is 6.92 Å². The number of amides is 1. The average Bonchev–Trinajstić information content (AvgIpc) is 3.36. The first-order chi connectivity index (χ1) is 15.0. The maximum Gasteiger partial charge on any atom is 0.268 e. The van der Waals surface area contributed by atoms with Crippen LogP contribution in [0.3, 0.4) is 0 Å². The van der Waals surface area contributed by atoms with Gasteiger partial charge in [0.2, 0.25) is 6.23 Å². The van der Waals surface area contributed by atoms with Crippen LogP contribution < -0.4 is 15.5 Å². The number of aryl methyl sites for hydroxylation is 2. The monoisotopic (exact) mass is 418 g/mol. The molecule has 1 atom stereocenters. The van der Waals surface area contributed by atoms with Gasteiger partial charge in [0, 0.05) is 49.7 Å². The second kappa shape index (κ2) is 7.61. The first-order valence-corrected chi connectivity index (χ1v) is 10.6. The van der Waals surface area contributed by atoms with Gasteiger partial charge < -0.3 is 15.4 Å². The number of pyridine rings is 1. The van der Waals surface area contributed by atoms with Gasteiger partial charge in [-0.05, 0) is 49.9 Å². The van der Waals surface area contributed by atoms with E-state index < -0.39 is 12.1 Å². The number of piperidine rings is 1. The Morgan fingerprint density at radius 3 is 2.74 bits per heavy atom. The molecule has 1 saturated heterocycles. The summed E-state index contributed by atoms with van der Waals surface area (Å²) in [4.78, 5) is 20.9. The number of nitrogens with zero attached hydrogens (tertiary/aromatic N) is 5. The van der Waals surface area contributed by atoms with Crippen LogP contribution in [0.5, 0.6) is 0 Å². The number of anilines is 2. The van der Waals surface area contributed by atoms with Crippen molar-refractivity contribution < 1.29 is 9.53 Å². The largest absolute Gasteiger partial charge is 0.471 e. The predicted octanol–water partition coefficient (Wildman–Crippen LogP) is 3.13. The molecule has 5 rings (SSSR count). The molecule has 0 spiro atoms. The summed E-state index contributed by atoms with van der Waals surface area (Å²) in [5.74, 6) is -0.523. The highest BCUT2D eigenvalue weighted by Crippen LogP contribution is 2.44. The smallest absolute Gasteiger partial charge is 0.268 e. The molecular weight excluding hydrogens is 392 g/mol. The standard InChI is InChI=1S/C23H26N6O2/c1-15-12-25-7-6-17(15)23-29(21(14-31-23)22(24)30)20-10-16-13-27(2)26-18(16)11-19(20)28-8-4-3-5-9-28/h6-7,10-14,23H,3-5,8-9H2,1-2H3,(H2,24,30). The summed E-state index contributed by atoms with van der Waals surface area (Å²) in [6.45, 7) is 3.92. The molecule has 1 fully saturated rings. The maximum absolute atomic E-state index is 12.4. The Kier molecular flexibility index (Phi) is 4.77. The van der Waals surface area contributed by atoms with Crippen molar-refractivity contribution in [1.29, 1.82) is 0 Å². The van der Waals surface area contributed by atoms with Crippen LogP contribution in [-0.2, 0) is 16.6 Å². The van der Waals surface area contributed by atoms with Crippen LogP contribution in [-0.4, -0.2) is 33.8 Å². The van der Waals surface area contributed by atoms with Crippen LogP contribution in [0.25, 0.3) is 10.9 Å². The highest BCUT2D eigenvalue weighted by atomic mass is 16.5. The molecule has 2 aliphatic heterocycles. The highest BCUT2D eigenvalue weighted by Gasteiger charge is 2.36. The summed E-state index contributed by atoms with van der Waals surface area (Å²) in [6, 6.07) is 6.12. The second-order valence-corrected chi connectivity index (χ2v) is 8.21. The molecule has 0 radical (unpaired) electrons.